The lowest BCUT2D eigenvalue weighted by Crippen LogP contribution is -2.42. The lowest BCUT2D eigenvalue weighted by atomic mass is 9.95. The number of hydrogen-bond donors (Lipinski definition) is 1. The Kier molecular flexibility index (Phi) is 9.32. The Morgan fingerprint density at radius 1 is 1.05 bits per heavy atom. The normalized spacial score (nSPS) is 23.3. The second kappa shape index (κ2) is 10.5. The van der Waals surface area contributed by atoms with Gasteiger partial charge in [-0.25, -0.2) is 0 Å². The average molecular weight is 288 g/mol. The summed E-state index contributed by atoms with van der Waals surface area (Å²) < 4.78 is 0. The van der Waals surface area contributed by atoms with Gasteiger partial charge in [0.2, 0.25) is 5.91 Å². The minimum atomic E-state index is 0.145. The molecule has 1 aliphatic carbocycles. The molecule has 1 N–H and O–H groups in total. The molecule has 1 fully saturated rings. The van der Waals surface area contributed by atoms with Gasteiger partial charge in [-0.1, -0.05) is 58.3 Å². The Morgan fingerprint density at radius 2 is 1.68 bits per heavy atom. The van der Waals surface area contributed by atoms with E-state index in [0.29, 0.717) is 6.42 Å². The van der Waals surface area contributed by atoms with Crippen molar-refractivity contribution in [2.45, 2.75) is 95.4 Å². The van der Waals surface area contributed by atoms with Crippen LogP contribution in [0, 0.1) is 0 Å². The van der Waals surface area contributed by atoms with Crippen LogP contribution in [0.4, 0.5) is 0 Å². The zero-order valence-electron chi connectivity index (χ0n) is 12.4. The first kappa shape index (κ1) is 16.8. The first-order valence-electron chi connectivity index (χ1n) is 8.17. The van der Waals surface area contributed by atoms with E-state index >= 15 is 0 Å². The predicted molar refractivity (Wildman–Crippen MR) is 82.6 cm³/mol. The summed E-state index contributed by atoms with van der Waals surface area (Å²) in [5, 5.41) is 3.25. The summed E-state index contributed by atoms with van der Waals surface area (Å²) in [6.45, 7) is 2.24. The molecule has 0 radical (unpaired) electrons. The van der Waals surface area contributed by atoms with Crippen molar-refractivity contribution in [3.63, 3.8) is 0 Å². The molecule has 19 heavy (non-hydrogen) atoms. The smallest absolute Gasteiger partial charge is 0.220 e. The van der Waals surface area contributed by atoms with E-state index in [9.17, 15) is 4.79 Å². The molecule has 0 aromatic heterocycles. The van der Waals surface area contributed by atoms with Gasteiger partial charge in [0, 0.05) is 12.5 Å². The molecular weight excluding hydrogens is 258 g/mol. The Balaban J connectivity index is 1.98. The summed E-state index contributed by atoms with van der Waals surface area (Å²) >= 11 is 6.24. The molecule has 0 spiro atoms. The first-order valence-corrected chi connectivity index (χ1v) is 8.61. The molecule has 1 rings (SSSR count). The molecule has 2 unspecified atom stereocenters. The fraction of sp³-hybridized carbons (Fsp3) is 0.938. The maximum absolute atomic E-state index is 11.8. The van der Waals surface area contributed by atoms with E-state index in [1.165, 1.54) is 51.4 Å². The topological polar surface area (TPSA) is 29.1 Å². The number of amides is 1. The predicted octanol–water partition coefficient (Wildman–Crippen LogP) is 4.79. The van der Waals surface area contributed by atoms with Crippen LogP contribution in [0.5, 0.6) is 0 Å². The second-order valence-corrected chi connectivity index (χ2v) is 6.41. The minimum Gasteiger partial charge on any atom is -0.352 e. The number of carbonyl (C=O) groups excluding carboxylic acids is 1. The molecule has 1 amide bonds. The van der Waals surface area contributed by atoms with Crippen LogP contribution in [0.25, 0.3) is 0 Å². The highest BCUT2D eigenvalue weighted by atomic mass is 35.5. The van der Waals surface area contributed by atoms with E-state index in [4.69, 9.17) is 11.6 Å². The van der Waals surface area contributed by atoms with Crippen molar-refractivity contribution in [1.82, 2.24) is 5.32 Å². The van der Waals surface area contributed by atoms with Crippen molar-refractivity contribution in [2.24, 2.45) is 0 Å². The SMILES string of the molecule is CCCCCCCCCC(=O)NC1CCCCC1Cl. The van der Waals surface area contributed by atoms with Crippen molar-refractivity contribution in [1.29, 1.82) is 0 Å². The number of rotatable bonds is 9. The summed E-state index contributed by atoms with van der Waals surface area (Å²) in [6, 6.07) is 0.215. The van der Waals surface area contributed by atoms with Crippen LogP contribution in [0.15, 0.2) is 0 Å². The molecule has 0 saturated heterocycles. The highest BCUT2D eigenvalue weighted by Gasteiger charge is 2.24. The van der Waals surface area contributed by atoms with Crippen LogP contribution in [-0.2, 0) is 4.79 Å². The molecular formula is C16H30ClNO. The summed E-state index contributed by atoms with van der Waals surface area (Å²) in [4.78, 5) is 11.8. The van der Waals surface area contributed by atoms with Crippen LogP contribution in [0.3, 0.4) is 0 Å². The molecule has 112 valence electrons. The van der Waals surface area contributed by atoms with Crippen LogP contribution in [0.2, 0.25) is 0 Å². The number of unbranched alkanes of at least 4 members (excludes halogenated alkanes) is 6. The highest BCUT2D eigenvalue weighted by molar-refractivity contribution is 6.21. The largest absolute Gasteiger partial charge is 0.352 e. The third-order valence-electron chi connectivity index (χ3n) is 4.04. The van der Waals surface area contributed by atoms with E-state index in [2.05, 4.69) is 12.2 Å². The molecule has 2 atom stereocenters. The zero-order chi connectivity index (χ0) is 13.9. The fourth-order valence-electron chi connectivity index (χ4n) is 2.77. The van der Waals surface area contributed by atoms with Crippen molar-refractivity contribution in [3.8, 4) is 0 Å². The summed E-state index contributed by atoms with van der Waals surface area (Å²) in [7, 11) is 0. The molecule has 0 bridgehead atoms. The molecule has 0 heterocycles. The van der Waals surface area contributed by atoms with Gasteiger partial charge < -0.3 is 5.32 Å². The molecule has 0 aromatic carbocycles. The van der Waals surface area contributed by atoms with E-state index in [1.807, 2.05) is 0 Å². The van der Waals surface area contributed by atoms with Crippen molar-refractivity contribution in [2.75, 3.05) is 0 Å². The lowest BCUT2D eigenvalue weighted by molar-refractivity contribution is -0.122. The highest BCUT2D eigenvalue weighted by Crippen LogP contribution is 2.23. The van der Waals surface area contributed by atoms with Gasteiger partial charge in [0.1, 0.15) is 0 Å². The van der Waals surface area contributed by atoms with Crippen LogP contribution in [0.1, 0.15) is 84.0 Å². The van der Waals surface area contributed by atoms with E-state index in [1.54, 1.807) is 0 Å². The summed E-state index contributed by atoms with van der Waals surface area (Å²) in [5.41, 5.74) is 0. The van der Waals surface area contributed by atoms with Crippen LogP contribution >= 0.6 is 11.6 Å². The lowest BCUT2D eigenvalue weighted by Gasteiger charge is -2.27. The standard InChI is InChI=1S/C16H30ClNO/c1-2-3-4-5-6-7-8-13-16(19)18-15-12-10-9-11-14(15)17/h14-15H,2-13H2,1H3,(H,18,19). The summed E-state index contributed by atoms with van der Waals surface area (Å²) in [6.07, 6.45) is 14.0. The second-order valence-electron chi connectivity index (χ2n) is 5.85. The Hall–Kier alpha value is -0.240. The molecule has 0 aliphatic heterocycles. The van der Waals surface area contributed by atoms with E-state index in [0.717, 1.165) is 19.3 Å². The van der Waals surface area contributed by atoms with Gasteiger partial charge in [0.05, 0.1) is 5.38 Å². The maximum Gasteiger partial charge on any atom is 0.220 e. The van der Waals surface area contributed by atoms with Gasteiger partial charge >= 0.3 is 0 Å². The van der Waals surface area contributed by atoms with Crippen molar-refractivity contribution < 1.29 is 4.79 Å². The van der Waals surface area contributed by atoms with Gasteiger partial charge in [-0.15, -0.1) is 11.6 Å². The molecule has 2 nitrogen and oxygen atoms in total. The molecule has 3 heteroatoms. The molecule has 1 saturated carbocycles. The maximum atomic E-state index is 11.8. The zero-order valence-corrected chi connectivity index (χ0v) is 13.2. The number of nitrogens with one attached hydrogen (secondary N) is 1. The van der Waals surface area contributed by atoms with Crippen molar-refractivity contribution >= 4 is 17.5 Å². The van der Waals surface area contributed by atoms with E-state index < -0.39 is 0 Å². The Morgan fingerprint density at radius 3 is 2.37 bits per heavy atom. The van der Waals surface area contributed by atoms with Gasteiger partial charge in [0.15, 0.2) is 0 Å². The van der Waals surface area contributed by atoms with Crippen molar-refractivity contribution in [3.05, 3.63) is 0 Å². The van der Waals surface area contributed by atoms with Gasteiger partial charge in [-0.2, -0.15) is 0 Å². The fourth-order valence-corrected chi connectivity index (χ4v) is 3.11. The van der Waals surface area contributed by atoms with Gasteiger partial charge in [-0.3, -0.25) is 4.79 Å². The van der Waals surface area contributed by atoms with Crippen LogP contribution < -0.4 is 5.32 Å². The Labute approximate surface area is 123 Å². The molecule has 0 aromatic rings. The van der Waals surface area contributed by atoms with Crippen LogP contribution in [-0.4, -0.2) is 17.3 Å². The van der Waals surface area contributed by atoms with Gasteiger partial charge in [-0.05, 0) is 19.3 Å². The average Bonchev–Trinajstić information content (AvgIpc) is 2.40. The van der Waals surface area contributed by atoms with E-state index in [-0.39, 0.29) is 17.3 Å². The number of hydrogen-bond acceptors (Lipinski definition) is 1. The third-order valence-corrected chi connectivity index (χ3v) is 4.56. The molecule has 1 aliphatic rings. The first-order chi connectivity index (χ1) is 9.24. The number of alkyl halides is 1. The Bertz CT molecular complexity index is 245. The third kappa shape index (κ3) is 7.81. The quantitative estimate of drug-likeness (QED) is 0.479. The van der Waals surface area contributed by atoms with Gasteiger partial charge in [0.25, 0.3) is 0 Å². The monoisotopic (exact) mass is 287 g/mol. The summed E-state index contributed by atoms with van der Waals surface area (Å²) in [5.74, 6) is 0.200. The number of halogens is 1. The minimum absolute atomic E-state index is 0.145. The number of carbonyl (C=O) groups is 1.